The molecule has 0 bridgehead atoms. The van der Waals surface area contributed by atoms with Crippen LogP contribution in [0, 0.1) is 0 Å². The van der Waals surface area contributed by atoms with E-state index in [1.54, 1.807) is 7.11 Å². The first-order valence-electron chi connectivity index (χ1n) is 7.01. The number of carbonyl (C=O) groups is 1. The Bertz CT molecular complexity index is 416. The maximum absolute atomic E-state index is 11.9. The highest BCUT2D eigenvalue weighted by atomic mass is 32.1. The molecule has 1 aliphatic heterocycles. The fraction of sp³-hybridized carbons (Fsp3) is 0.643. The van der Waals surface area contributed by atoms with Crippen LogP contribution in [-0.2, 0) is 4.74 Å². The molecule has 20 heavy (non-hydrogen) atoms. The number of hydrogen-bond donors (Lipinski definition) is 1. The Balaban J connectivity index is 1.59. The molecule has 2 rings (SSSR count). The summed E-state index contributed by atoms with van der Waals surface area (Å²) < 4.78 is 10.5. The van der Waals surface area contributed by atoms with Gasteiger partial charge in [-0.2, -0.15) is 0 Å². The summed E-state index contributed by atoms with van der Waals surface area (Å²) in [7, 11) is 1.58. The lowest BCUT2D eigenvalue weighted by atomic mass is 10.2. The van der Waals surface area contributed by atoms with Gasteiger partial charge in [-0.1, -0.05) is 0 Å². The summed E-state index contributed by atoms with van der Waals surface area (Å²) in [6.45, 7) is 5.53. The molecule has 1 N–H and O–H groups in total. The highest BCUT2D eigenvalue weighted by Gasteiger charge is 2.13. The predicted octanol–water partition coefficient (Wildman–Crippen LogP) is 1.60. The number of methoxy groups -OCH3 is 1. The number of nitrogens with one attached hydrogen (secondary N) is 1. The van der Waals surface area contributed by atoms with Crippen molar-refractivity contribution in [3.05, 3.63) is 16.3 Å². The fourth-order valence-corrected chi connectivity index (χ4v) is 2.97. The first kappa shape index (κ1) is 15.3. The van der Waals surface area contributed by atoms with Crippen molar-refractivity contribution >= 4 is 17.2 Å². The summed E-state index contributed by atoms with van der Waals surface area (Å²) in [5.41, 5.74) is 0. The predicted molar refractivity (Wildman–Crippen MR) is 79.7 cm³/mol. The Hall–Kier alpha value is -1.11. The lowest BCUT2D eigenvalue weighted by Gasteiger charge is -2.26. The first-order valence-corrected chi connectivity index (χ1v) is 7.89. The number of ether oxygens (including phenoxy) is 2. The van der Waals surface area contributed by atoms with Gasteiger partial charge in [-0.3, -0.25) is 9.69 Å². The number of hydrogen-bond acceptors (Lipinski definition) is 5. The molecule has 1 fully saturated rings. The van der Waals surface area contributed by atoms with Gasteiger partial charge in [0.15, 0.2) is 0 Å². The van der Waals surface area contributed by atoms with Gasteiger partial charge >= 0.3 is 0 Å². The molecule has 1 amide bonds. The van der Waals surface area contributed by atoms with Gasteiger partial charge in [-0.25, -0.2) is 0 Å². The molecule has 5 nitrogen and oxygen atoms in total. The third-order valence-electron chi connectivity index (χ3n) is 3.35. The molecule has 1 aromatic heterocycles. The van der Waals surface area contributed by atoms with Gasteiger partial charge in [0.1, 0.15) is 10.6 Å². The molecule has 0 unspecified atom stereocenters. The van der Waals surface area contributed by atoms with Gasteiger partial charge in [0, 0.05) is 19.6 Å². The Morgan fingerprint density at radius 2 is 2.25 bits per heavy atom. The van der Waals surface area contributed by atoms with Crippen LogP contribution in [0.25, 0.3) is 0 Å². The lowest BCUT2D eigenvalue weighted by Crippen LogP contribution is -2.37. The van der Waals surface area contributed by atoms with Gasteiger partial charge in [0.05, 0.1) is 20.3 Å². The van der Waals surface area contributed by atoms with E-state index in [1.807, 2.05) is 11.4 Å². The zero-order chi connectivity index (χ0) is 14.2. The normalized spacial score (nSPS) is 16.1. The molecule has 1 aromatic rings. The highest BCUT2D eigenvalue weighted by Crippen LogP contribution is 2.23. The number of unbranched alkanes of at least 4 members (excludes halogenated alkanes) is 1. The van der Waals surface area contributed by atoms with Crippen molar-refractivity contribution in [2.45, 2.75) is 12.8 Å². The molecule has 2 heterocycles. The maximum Gasteiger partial charge on any atom is 0.265 e. The molecule has 112 valence electrons. The SMILES string of the molecule is COc1ccsc1C(=O)NCCCCN1CCOCC1. The van der Waals surface area contributed by atoms with E-state index >= 15 is 0 Å². The molecular weight excluding hydrogens is 276 g/mol. The van der Waals surface area contributed by atoms with E-state index in [4.69, 9.17) is 9.47 Å². The van der Waals surface area contributed by atoms with Crippen molar-refractivity contribution in [1.82, 2.24) is 10.2 Å². The highest BCUT2D eigenvalue weighted by molar-refractivity contribution is 7.12. The van der Waals surface area contributed by atoms with Crippen LogP contribution in [0.1, 0.15) is 22.5 Å². The monoisotopic (exact) mass is 298 g/mol. The summed E-state index contributed by atoms with van der Waals surface area (Å²) in [5.74, 6) is 0.615. The first-order chi connectivity index (χ1) is 9.81. The van der Waals surface area contributed by atoms with E-state index < -0.39 is 0 Å². The molecule has 0 aromatic carbocycles. The number of morpholine rings is 1. The van der Waals surface area contributed by atoms with Gasteiger partial charge in [-0.15, -0.1) is 11.3 Å². The Morgan fingerprint density at radius 3 is 3.00 bits per heavy atom. The Labute approximate surface area is 123 Å². The average Bonchev–Trinajstić information content (AvgIpc) is 2.96. The molecule has 0 saturated carbocycles. The number of nitrogens with zero attached hydrogens (tertiary/aromatic N) is 1. The molecule has 0 aliphatic carbocycles. The van der Waals surface area contributed by atoms with Gasteiger partial charge in [-0.05, 0) is 30.8 Å². The van der Waals surface area contributed by atoms with Crippen LogP contribution in [-0.4, -0.2) is 57.3 Å². The molecule has 0 atom stereocenters. The fourth-order valence-electron chi connectivity index (χ4n) is 2.19. The van der Waals surface area contributed by atoms with Gasteiger partial charge in [0.2, 0.25) is 0 Å². The molecule has 1 aliphatic rings. The third kappa shape index (κ3) is 4.47. The second-order valence-corrected chi connectivity index (χ2v) is 5.65. The largest absolute Gasteiger partial charge is 0.495 e. The van der Waals surface area contributed by atoms with Crippen molar-refractivity contribution in [1.29, 1.82) is 0 Å². The minimum Gasteiger partial charge on any atom is -0.495 e. The minimum absolute atomic E-state index is 0.0387. The zero-order valence-electron chi connectivity index (χ0n) is 11.9. The van der Waals surface area contributed by atoms with Crippen LogP contribution >= 0.6 is 11.3 Å². The van der Waals surface area contributed by atoms with Crippen LogP contribution < -0.4 is 10.1 Å². The van der Waals surface area contributed by atoms with Crippen molar-refractivity contribution in [3.63, 3.8) is 0 Å². The second-order valence-electron chi connectivity index (χ2n) is 4.74. The maximum atomic E-state index is 11.9. The molecule has 6 heteroatoms. The standard InChI is InChI=1S/C14H22N2O3S/c1-18-12-4-11-20-13(12)14(17)15-5-2-3-6-16-7-9-19-10-8-16/h4,11H,2-3,5-10H2,1H3,(H,15,17). The molecule has 0 radical (unpaired) electrons. The summed E-state index contributed by atoms with van der Waals surface area (Å²) in [6.07, 6.45) is 2.10. The van der Waals surface area contributed by atoms with Crippen molar-refractivity contribution in [3.8, 4) is 5.75 Å². The molecule has 0 spiro atoms. The number of rotatable bonds is 7. The number of amides is 1. The van der Waals surface area contributed by atoms with E-state index in [0.29, 0.717) is 17.2 Å². The van der Waals surface area contributed by atoms with E-state index in [9.17, 15) is 4.79 Å². The summed E-state index contributed by atoms with van der Waals surface area (Å²) in [6, 6.07) is 1.82. The number of thiophene rings is 1. The van der Waals surface area contributed by atoms with Crippen LogP contribution in [0.2, 0.25) is 0 Å². The Morgan fingerprint density at radius 1 is 1.45 bits per heavy atom. The van der Waals surface area contributed by atoms with Gasteiger partial charge in [0.25, 0.3) is 5.91 Å². The summed E-state index contributed by atoms with van der Waals surface area (Å²) >= 11 is 1.41. The second kappa shape index (κ2) is 8.24. The van der Waals surface area contributed by atoms with Gasteiger partial charge < -0.3 is 14.8 Å². The molecular formula is C14H22N2O3S. The summed E-state index contributed by atoms with van der Waals surface area (Å²) in [5, 5.41) is 4.81. The van der Waals surface area contributed by atoms with Crippen LogP contribution in [0.5, 0.6) is 5.75 Å². The van der Waals surface area contributed by atoms with E-state index in [0.717, 1.165) is 45.7 Å². The minimum atomic E-state index is -0.0387. The van der Waals surface area contributed by atoms with Crippen molar-refractivity contribution < 1.29 is 14.3 Å². The topological polar surface area (TPSA) is 50.8 Å². The van der Waals surface area contributed by atoms with Crippen molar-refractivity contribution in [2.24, 2.45) is 0 Å². The lowest BCUT2D eigenvalue weighted by molar-refractivity contribution is 0.0372. The van der Waals surface area contributed by atoms with E-state index in [-0.39, 0.29) is 5.91 Å². The van der Waals surface area contributed by atoms with E-state index in [1.165, 1.54) is 11.3 Å². The Kier molecular flexibility index (Phi) is 6.29. The van der Waals surface area contributed by atoms with Crippen LogP contribution in [0.4, 0.5) is 0 Å². The summed E-state index contributed by atoms with van der Waals surface area (Å²) in [4.78, 5) is 15.0. The smallest absolute Gasteiger partial charge is 0.265 e. The average molecular weight is 298 g/mol. The zero-order valence-corrected chi connectivity index (χ0v) is 12.7. The number of carbonyl (C=O) groups excluding carboxylic acids is 1. The van der Waals surface area contributed by atoms with Crippen LogP contribution in [0.3, 0.4) is 0 Å². The third-order valence-corrected chi connectivity index (χ3v) is 4.24. The van der Waals surface area contributed by atoms with Crippen molar-refractivity contribution in [2.75, 3.05) is 46.5 Å². The molecule has 1 saturated heterocycles. The van der Waals surface area contributed by atoms with E-state index in [2.05, 4.69) is 10.2 Å². The quantitative estimate of drug-likeness (QED) is 0.777. The van der Waals surface area contributed by atoms with Crippen LogP contribution in [0.15, 0.2) is 11.4 Å².